The molecule has 0 fully saturated rings. The van der Waals surface area contributed by atoms with Gasteiger partial charge in [-0.3, -0.25) is 4.79 Å². The van der Waals surface area contributed by atoms with Crippen molar-refractivity contribution in [3.05, 3.63) is 29.3 Å². The van der Waals surface area contributed by atoms with E-state index >= 15 is 0 Å². The summed E-state index contributed by atoms with van der Waals surface area (Å²) in [5.74, 6) is 0.622. The number of aryl methyl sites for hydroxylation is 2. The molecule has 3 N–H and O–H groups in total. The van der Waals surface area contributed by atoms with Crippen LogP contribution in [0.2, 0.25) is 0 Å². The van der Waals surface area contributed by atoms with E-state index in [0.29, 0.717) is 13.1 Å². The van der Waals surface area contributed by atoms with Crippen LogP contribution in [0.1, 0.15) is 24.5 Å². The highest BCUT2D eigenvalue weighted by atomic mass is 16.5. The Balaban J connectivity index is 2.52. The molecule has 0 bridgehead atoms. The zero-order chi connectivity index (χ0) is 13.5. The number of amides is 1. The summed E-state index contributed by atoms with van der Waals surface area (Å²) in [6, 6.07) is 5.92. The van der Waals surface area contributed by atoms with Crippen molar-refractivity contribution in [2.45, 2.75) is 33.3 Å². The average Bonchev–Trinajstić information content (AvgIpc) is 2.27. The number of nitrogens with one attached hydrogen (secondary N) is 1. The maximum Gasteiger partial charge on any atom is 0.260 e. The van der Waals surface area contributed by atoms with E-state index < -0.39 is 6.10 Å². The van der Waals surface area contributed by atoms with E-state index in [0.717, 1.165) is 23.3 Å². The first-order valence-electron chi connectivity index (χ1n) is 6.25. The Morgan fingerprint density at radius 3 is 2.50 bits per heavy atom. The topological polar surface area (TPSA) is 64.3 Å². The zero-order valence-corrected chi connectivity index (χ0v) is 11.3. The first kappa shape index (κ1) is 14.5. The van der Waals surface area contributed by atoms with Gasteiger partial charge in [0, 0.05) is 6.54 Å². The van der Waals surface area contributed by atoms with Crippen molar-refractivity contribution < 1.29 is 9.53 Å². The van der Waals surface area contributed by atoms with Gasteiger partial charge in [-0.05, 0) is 57.0 Å². The molecule has 0 saturated carbocycles. The fraction of sp³-hybridized carbons (Fsp3) is 0.500. The minimum Gasteiger partial charge on any atom is -0.481 e. The minimum atomic E-state index is -0.496. The van der Waals surface area contributed by atoms with Gasteiger partial charge in [0.1, 0.15) is 5.75 Å². The summed E-state index contributed by atoms with van der Waals surface area (Å²) in [6.07, 6.45) is 0.283. The number of carbonyl (C=O) groups excluding carboxylic acids is 1. The molecular weight excluding hydrogens is 228 g/mol. The number of hydrogen-bond donors (Lipinski definition) is 2. The third-order valence-electron chi connectivity index (χ3n) is 2.56. The SMILES string of the molecule is Cc1cc(C)cc(OC(C)C(=O)NCCCN)c1. The summed E-state index contributed by atoms with van der Waals surface area (Å²) >= 11 is 0. The molecule has 0 radical (unpaired) electrons. The van der Waals surface area contributed by atoms with Gasteiger partial charge in [0.25, 0.3) is 5.91 Å². The largest absolute Gasteiger partial charge is 0.481 e. The van der Waals surface area contributed by atoms with Crippen molar-refractivity contribution in [1.29, 1.82) is 0 Å². The highest BCUT2D eigenvalue weighted by Gasteiger charge is 2.13. The number of rotatable bonds is 6. The highest BCUT2D eigenvalue weighted by molar-refractivity contribution is 5.80. The lowest BCUT2D eigenvalue weighted by atomic mass is 10.1. The van der Waals surface area contributed by atoms with Crippen LogP contribution in [0.5, 0.6) is 5.75 Å². The van der Waals surface area contributed by atoms with Crippen LogP contribution in [0.25, 0.3) is 0 Å². The Labute approximate surface area is 109 Å². The molecule has 0 spiro atoms. The van der Waals surface area contributed by atoms with Gasteiger partial charge in [-0.15, -0.1) is 0 Å². The van der Waals surface area contributed by atoms with Crippen LogP contribution in [-0.4, -0.2) is 25.1 Å². The Bertz CT molecular complexity index is 385. The average molecular weight is 250 g/mol. The molecule has 0 saturated heterocycles. The van der Waals surface area contributed by atoms with E-state index in [4.69, 9.17) is 10.5 Å². The minimum absolute atomic E-state index is 0.109. The maximum absolute atomic E-state index is 11.7. The van der Waals surface area contributed by atoms with Gasteiger partial charge in [0.2, 0.25) is 0 Å². The summed E-state index contributed by atoms with van der Waals surface area (Å²) in [5.41, 5.74) is 7.62. The van der Waals surface area contributed by atoms with E-state index in [9.17, 15) is 4.79 Å². The van der Waals surface area contributed by atoms with E-state index in [1.54, 1.807) is 6.92 Å². The fourth-order valence-electron chi connectivity index (χ4n) is 1.72. The van der Waals surface area contributed by atoms with Crippen molar-refractivity contribution in [3.8, 4) is 5.75 Å². The van der Waals surface area contributed by atoms with Gasteiger partial charge in [0.15, 0.2) is 6.10 Å². The molecule has 1 atom stereocenters. The lowest BCUT2D eigenvalue weighted by molar-refractivity contribution is -0.127. The van der Waals surface area contributed by atoms with Crippen LogP contribution in [0.15, 0.2) is 18.2 Å². The third-order valence-corrected chi connectivity index (χ3v) is 2.56. The predicted octanol–water partition coefficient (Wildman–Crippen LogP) is 1.54. The summed E-state index contributed by atoms with van der Waals surface area (Å²) < 4.78 is 5.63. The van der Waals surface area contributed by atoms with E-state index in [-0.39, 0.29) is 5.91 Å². The molecule has 0 heterocycles. The number of hydrogen-bond acceptors (Lipinski definition) is 3. The predicted molar refractivity (Wildman–Crippen MR) is 72.7 cm³/mol. The number of nitrogens with two attached hydrogens (primary N) is 1. The highest BCUT2D eigenvalue weighted by Crippen LogP contribution is 2.17. The van der Waals surface area contributed by atoms with Gasteiger partial charge in [0.05, 0.1) is 0 Å². The smallest absolute Gasteiger partial charge is 0.260 e. The van der Waals surface area contributed by atoms with Crippen LogP contribution in [0.3, 0.4) is 0 Å². The van der Waals surface area contributed by atoms with Gasteiger partial charge in [-0.1, -0.05) is 6.07 Å². The molecular formula is C14H22N2O2. The molecule has 0 aliphatic carbocycles. The Morgan fingerprint density at radius 1 is 1.33 bits per heavy atom. The Morgan fingerprint density at radius 2 is 1.94 bits per heavy atom. The van der Waals surface area contributed by atoms with Crippen LogP contribution in [-0.2, 0) is 4.79 Å². The molecule has 1 aromatic rings. The molecule has 0 aliphatic heterocycles. The Kier molecular flexibility index (Phi) is 5.65. The molecule has 0 aromatic heterocycles. The van der Waals surface area contributed by atoms with Crippen molar-refractivity contribution in [2.24, 2.45) is 5.73 Å². The molecule has 0 aliphatic rings. The van der Waals surface area contributed by atoms with Crippen molar-refractivity contribution in [3.63, 3.8) is 0 Å². The van der Waals surface area contributed by atoms with Crippen LogP contribution in [0.4, 0.5) is 0 Å². The third kappa shape index (κ3) is 4.75. The van der Waals surface area contributed by atoms with Crippen molar-refractivity contribution in [2.75, 3.05) is 13.1 Å². The maximum atomic E-state index is 11.7. The normalized spacial score (nSPS) is 12.0. The van der Waals surface area contributed by atoms with E-state index in [2.05, 4.69) is 11.4 Å². The monoisotopic (exact) mass is 250 g/mol. The summed E-state index contributed by atoms with van der Waals surface area (Å²) in [6.45, 7) is 6.93. The molecule has 18 heavy (non-hydrogen) atoms. The van der Waals surface area contributed by atoms with Crippen molar-refractivity contribution >= 4 is 5.91 Å². The summed E-state index contributed by atoms with van der Waals surface area (Å²) in [5, 5.41) is 2.79. The number of ether oxygens (including phenoxy) is 1. The van der Waals surface area contributed by atoms with Gasteiger partial charge in [-0.2, -0.15) is 0 Å². The summed E-state index contributed by atoms with van der Waals surface area (Å²) in [7, 11) is 0. The molecule has 1 amide bonds. The lowest BCUT2D eigenvalue weighted by Gasteiger charge is -2.15. The second-order valence-corrected chi connectivity index (χ2v) is 4.52. The fourth-order valence-corrected chi connectivity index (χ4v) is 1.72. The van der Waals surface area contributed by atoms with Gasteiger partial charge < -0.3 is 15.8 Å². The lowest BCUT2D eigenvalue weighted by Crippen LogP contribution is -2.37. The number of benzene rings is 1. The molecule has 4 nitrogen and oxygen atoms in total. The van der Waals surface area contributed by atoms with Gasteiger partial charge >= 0.3 is 0 Å². The molecule has 1 aromatic carbocycles. The van der Waals surface area contributed by atoms with E-state index in [1.165, 1.54) is 0 Å². The van der Waals surface area contributed by atoms with Crippen LogP contribution < -0.4 is 15.8 Å². The first-order valence-corrected chi connectivity index (χ1v) is 6.25. The van der Waals surface area contributed by atoms with Crippen LogP contribution >= 0.6 is 0 Å². The standard InChI is InChI=1S/C14H22N2O2/c1-10-7-11(2)9-13(8-10)18-12(3)14(17)16-6-4-5-15/h7-9,12H,4-6,15H2,1-3H3,(H,16,17). The molecule has 1 rings (SSSR count). The molecule has 100 valence electrons. The second kappa shape index (κ2) is 7.01. The van der Waals surface area contributed by atoms with Crippen molar-refractivity contribution in [1.82, 2.24) is 5.32 Å². The second-order valence-electron chi connectivity index (χ2n) is 4.52. The Hall–Kier alpha value is -1.55. The molecule has 4 heteroatoms. The number of carbonyl (C=O) groups is 1. The van der Waals surface area contributed by atoms with E-state index in [1.807, 2.05) is 26.0 Å². The van der Waals surface area contributed by atoms with Crippen LogP contribution in [0, 0.1) is 13.8 Å². The zero-order valence-electron chi connectivity index (χ0n) is 11.3. The first-order chi connectivity index (χ1) is 8.52. The summed E-state index contributed by atoms with van der Waals surface area (Å²) in [4.78, 5) is 11.7. The quantitative estimate of drug-likeness (QED) is 0.753. The molecule has 1 unspecified atom stereocenters. The van der Waals surface area contributed by atoms with Gasteiger partial charge in [-0.25, -0.2) is 0 Å².